The molecule has 1 aromatic carbocycles. The first-order valence-electron chi connectivity index (χ1n) is 5.32. The minimum atomic E-state index is -0.461. The van der Waals surface area contributed by atoms with E-state index in [2.05, 4.69) is 5.10 Å². The van der Waals surface area contributed by atoms with E-state index < -0.39 is 5.82 Å². The summed E-state index contributed by atoms with van der Waals surface area (Å²) in [5.74, 6) is 0.0120. The molecule has 0 aliphatic rings. The van der Waals surface area contributed by atoms with E-state index in [4.69, 9.17) is 10.5 Å². The number of nitrogen functional groups attached to an aromatic ring is 1. The van der Waals surface area contributed by atoms with E-state index in [1.165, 1.54) is 12.1 Å². The van der Waals surface area contributed by atoms with Crippen molar-refractivity contribution in [3.8, 4) is 5.75 Å². The maximum Gasteiger partial charge on any atom is 0.149 e. The fourth-order valence-corrected chi connectivity index (χ4v) is 1.44. The Morgan fingerprint density at radius 2 is 2.29 bits per heavy atom. The van der Waals surface area contributed by atoms with Gasteiger partial charge in [0, 0.05) is 12.3 Å². The van der Waals surface area contributed by atoms with Gasteiger partial charge < -0.3 is 10.5 Å². The molecule has 5 heteroatoms. The lowest BCUT2D eigenvalue weighted by molar-refractivity contribution is 0.290. The number of ether oxygens (including phenoxy) is 1. The third kappa shape index (κ3) is 2.96. The third-order valence-electron chi connectivity index (χ3n) is 2.32. The molecule has 0 radical (unpaired) electrons. The van der Waals surface area contributed by atoms with Crippen LogP contribution in [0.25, 0.3) is 0 Å². The van der Waals surface area contributed by atoms with E-state index in [-0.39, 0.29) is 5.69 Å². The van der Waals surface area contributed by atoms with Crippen LogP contribution in [-0.4, -0.2) is 16.4 Å². The molecule has 0 saturated carbocycles. The monoisotopic (exact) mass is 235 g/mol. The van der Waals surface area contributed by atoms with E-state index in [0.29, 0.717) is 18.9 Å². The molecule has 0 amide bonds. The van der Waals surface area contributed by atoms with Crippen LogP contribution in [0.3, 0.4) is 0 Å². The van der Waals surface area contributed by atoms with Gasteiger partial charge in [0.2, 0.25) is 0 Å². The summed E-state index contributed by atoms with van der Waals surface area (Å²) in [6.45, 7) is 3.03. The minimum absolute atomic E-state index is 0.125. The number of aryl methyl sites for hydroxylation is 1. The highest BCUT2D eigenvalue weighted by Gasteiger charge is 2.01. The zero-order valence-corrected chi connectivity index (χ0v) is 9.56. The number of halogens is 1. The van der Waals surface area contributed by atoms with Gasteiger partial charge in [0.05, 0.1) is 18.4 Å². The fraction of sp³-hybridized carbons (Fsp3) is 0.250. The highest BCUT2D eigenvalue weighted by atomic mass is 19.1. The summed E-state index contributed by atoms with van der Waals surface area (Å²) in [5.41, 5.74) is 6.59. The molecular formula is C12H14FN3O. The fourth-order valence-electron chi connectivity index (χ4n) is 1.44. The summed E-state index contributed by atoms with van der Waals surface area (Å²) in [6, 6.07) is 4.42. The normalized spacial score (nSPS) is 10.5. The molecule has 2 N–H and O–H groups in total. The molecule has 1 aromatic heterocycles. The number of nitrogens with zero attached hydrogens (tertiary/aromatic N) is 2. The smallest absolute Gasteiger partial charge is 0.149 e. The van der Waals surface area contributed by atoms with Gasteiger partial charge >= 0.3 is 0 Å². The van der Waals surface area contributed by atoms with E-state index in [1.54, 1.807) is 16.9 Å². The van der Waals surface area contributed by atoms with Crippen molar-refractivity contribution in [2.75, 3.05) is 12.3 Å². The maximum atomic E-state index is 13.1. The van der Waals surface area contributed by atoms with Gasteiger partial charge in [0.1, 0.15) is 18.2 Å². The summed E-state index contributed by atoms with van der Waals surface area (Å²) in [6.07, 6.45) is 3.70. The van der Waals surface area contributed by atoms with Crippen molar-refractivity contribution in [2.24, 2.45) is 0 Å². The number of hydrogen-bond acceptors (Lipinski definition) is 3. The summed E-state index contributed by atoms with van der Waals surface area (Å²) < 4.78 is 20.3. The Morgan fingerprint density at radius 3 is 2.94 bits per heavy atom. The van der Waals surface area contributed by atoms with Gasteiger partial charge in [-0.2, -0.15) is 5.10 Å². The standard InChI is InChI=1S/C12H14FN3O/c1-9-7-15-16(8-9)4-5-17-10-2-3-12(14)11(13)6-10/h2-3,6-8H,4-5,14H2,1H3. The van der Waals surface area contributed by atoms with Gasteiger partial charge in [0.15, 0.2) is 0 Å². The predicted octanol–water partition coefficient (Wildman–Crippen LogP) is 1.99. The average molecular weight is 235 g/mol. The van der Waals surface area contributed by atoms with Crippen LogP contribution in [0.2, 0.25) is 0 Å². The third-order valence-corrected chi connectivity index (χ3v) is 2.32. The average Bonchev–Trinajstić information content (AvgIpc) is 2.70. The lowest BCUT2D eigenvalue weighted by atomic mass is 10.3. The molecule has 0 aliphatic carbocycles. The van der Waals surface area contributed by atoms with Crippen LogP contribution in [0.1, 0.15) is 5.56 Å². The lowest BCUT2D eigenvalue weighted by Crippen LogP contribution is -2.08. The van der Waals surface area contributed by atoms with Crippen molar-refractivity contribution in [1.82, 2.24) is 9.78 Å². The summed E-state index contributed by atoms with van der Waals surface area (Å²) in [7, 11) is 0. The quantitative estimate of drug-likeness (QED) is 0.824. The Hall–Kier alpha value is -2.04. The Balaban J connectivity index is 1.87. The summed E-state index contributed by atoms with van der Waals surface area (Å²) in [5, 5.41) is 4.12. The number of rotatable bonds is 4. The van der Waals surface area contributed by atoms with Crippen molar-refractivity contribution in [2.45, 2.75) is 13.5 Å². The molecule has 0 aliphatic heterocycles. The Morgan fingerprint density at radius 1 is 1.47 bits per heavy atom. The second-order valence-corrected chi connectivity index (χ2v) is 3.81. The van der Waals surface area contributed by atoms with Gasteiger partial charge in [-0.15, -0.1) is 0 Å². The number of hydrogen-bond donors (Lipinski definition) is 1. The molecule has 0 unspecified atom stereocenters. The molecule has 2 rings (SSSR count). The van der Waals surface area contributed by atoms with Crippen LogP contribution in [0.5, 0.6) is 5.75 Å². The van der Waals surface area contributed by atoms with Crippen LogP contribution >= 0.6 is 0 Å². The van der Waals surface area contributed by atoms with Gasteiger partial charge in [-0.1, -0.05) is 0 Å². The van der Waals surface area contributed by atoms with Crippen molar-refractivity contribution in [1.29, 1.82) is 0 Å². The lowest BCUT2D eigenvalue weighted by Gasteiger charge is -2.07. The first-order valence-corrected chi connectivity index (χ1v) is 5.32. The number of nitrogens with two attached hydrogens (primary N) is 1. The molecular weight excluding hydrogens is 221 g/mol. The van der Waals surface area contributed by atoms with Gasteiger partial charge in [0.25, 0.3) is 0 Å². The van der Waals surface area contributed by atoms with Crippen LogP contribution in [0, 0.1) is 12.7 Å². The van der Waals surface area contributed by atoms with Crippen molar-refractivity contribution in [3.63, 3.8) is 0 Å². The van der Waals surface area contributed by atoms with E-state index in [9.17, 15) is 4.39 Å². The predicted molar refractivity (Wildman–Crippen MR) is 63.3 cm³/mol. The zero-order valence-electron chi connectivity index (χ0n) is 9.56. The molecule has 17 heavy (non-hydrogen) atoms. The number of anilines is 1. The van der Waals surface area contributed by atoms with Crippen molar-refractivity contribution in [3.05, 3.63) is 42.0 Å². The van der Waals surface area contributed by atoms with Crippen LogP contribution in [0.4, 0.5) is 10.1 Å². The van der Waals surface area contributed by atoms with Gasteiger partial charge in [-0.25, -0.2) is 4.39 Å². The molecule has 4 nitrogen and oxygen atoms in total. The number of benzene rings is 1. The van der Waals surface area contributed by atoms with Gasteiger partial charge in [-0.05, 0) is 24.6 Å². The maximum absolute atomic E-state index is 13.1. The zero-order chi connectivity index (χ0) is 12.3. The van der Waals surface area contributed by atoms with Crippen molar-refractivity contribution >= 4 is 5.69 Å². The van der Waals surface area contributed by atoms with Crippen LogP contribution in [0.15, 0.2) is 30.6 Å². The molecule has 1 heterocycles. The summed E-state index contributed by atoms with van der Waals surface area (Å²) >= 11 is 0. The molecule has 0 fully saturated rings. The highest BCUT2D eigenvalue weighted by molar-refractivity contribution is 5.43. The SMILES string of the molecule is Cc1cnn(CCOc2ccc(N)c(F)c2)c1. The first-order chi connectivity index (χ1) is 8.15. The minimum Gasteiger partial charge on any atom is -0.492 e. The first kappa shape index (κ1) is 11.4. The molecule has 0 bridgehead atoms. The molecule has 90 valence electrons. The Bertz CT molecular complexity index is 510. The summed E-state index contributed by atoms with van der Waals surface area (Å²) in [4.78, 5) is 0. The van der Waals surface area contributed by atoms with E-state index in [0.717, 1.165) is 5.56 Å². The second kappa shape index (κ2) is 4.86. The Kier molecular flexibility index (Phi) is 3.27. The highest BCUT2D eigenvalue weighted by Crippen LogP contribution is 2.17. The van der Waals surface area contributed by atoms with Crippen molar-refractivity contribution < 1.29 is 9.13 Å². The second-order valence-electron chi connectivity index (χ2n) is 3.81. The molecule has 2 aromatic rings. The largest absolute Gasteiger partial charge is 0.492 e. The topological polar surface area (TPSA) is 53.1 Å². The molecule has 0 spiro atoms. The molecule has 0 saturated heterocycles. The Labute approximate surface area is 98.8 Å². The molecule has 0 atom stereocenters. The van der Waals surface area contributed by atoms with Crippen LogP contribution < -0.4 is 10.5 Å². The van der Waals surface area contributed by atoms with E-state index >= 15 is 0 Å². The van der Waals surface area contributed by atoms with Gasteiger partial charge in [-0.3, -0.25) is 4.68 Å². The van der Waals surface area contributed by atoms with E-state index in [1.807, 2.05) is 13.1 Å². The number of aromatic nitrogens is 2. The van der Waals surface area contributed by atoms with Crippen LogP contribution in [-0.2, 0) is 6.54 Å².